The minimum Gasteiger partial charge on any atom is -0.339 e. The van der Waals surface area contributed by atoms with Gasteiger partial charge in [-0.05, 0) is 18.1 Å². The summed E-state index contributed by atoms with van der Waals surface area (Å²) in [7, 11) is 0. The summed E-state index contributed by atoms with van der Waals surface area (Å²) < 4.78 is 18.6. The van der Waals surface area contributed by atoms with E-state index in [2.05, 4.69) is 10.1 Å². The molecular weight excluding hydrogens is 233 g/mol. The minimum atomic E-state index is -0.255. The number of aromatic nitrogens is 2. The molecule has 1 unspecified atom stereocenters. The molecule has 0 spiro atoms. The predicted octanol–water partition coefficient (Wildman–Crippen LogP) is 2.25. The first-order valence-corrected chi connectivity index (χ1v) is 6.00. The van der Waals surface area contributed by atoms with E-state index in [9.17, 15) is 4.39 Å². The maximum atomic E-state index is 13.5. The molecule has 18 heavy (non-hydrogen) atoms. The van der Waals surface area contributed by atoms with Gasteiger partial charge in [-0.2, -0.15) is 4.98 Å². The SMILES string of the molecule is CCC(CN)c1nc(Cc2ccccc2F)no1. The first-order valence-electron chi connectivity index (χ1n) is 6.00. The molecule has 0 saturated heterocycles. The van der Waals surface area contributed by atoms with E-state index in [4.69, 9.17) is 10.3 Å². The van der Waals surface area contributed by atoms with E-state index < -0.39 is 0 Å². The van der Waals surface area contributed by atoms with Crippen LogP contribution in [-0.2, 0) is 6.42 Å². The Morgan fingerprint density at radius 2 is 2.17 bits per heavy atom. The van der Waals surface area contributed by atoms with Crippen molar-refractivity contribution in [3.63, 3.8) is 0 Å². The average molecular weight is 249 g/mol. The number of nitrogens with two attached hydrogens (primary N) is 1. The Balaban J connectivity index is 2.14. The normalized spacial score (nSPS) is 12.6. The van der Waals surface area contributed by atoms with Crippen molar-refractivity contribution in [3.8, 4) is 0 Å². The predicted molar refractivity (Wildman–Crippen MR) is 65.6 cm³/mol. The second-order valence-corrected chi connectivity index (χ2v) is 4.16. The Hall–Kier alpha value is -1.75. The fourth-order valence-corrected chi connectivity index (χ4v) is 1.76. The van der Waals surface area contributed by atoms with Crippen LogP contribution in [0.25, 0.3) is 0 Å². The van der Waals surface area contributed by atoms with Crippen molar-refractivity contribution in [2.45, 2.75) is 25.7 Å². The van der Waals surface area contributed by atoms with Gasteiger partial charge in [-0.25, -0.2) is 4.39 Å². The lowest BCUT2D eigenvalue weighted by Crippen LogP contribution is -2.11. The van der Waals surface area contributed by atoms with Crippen molar-refractivity contribution >= 4 is 0 Å². The van der Waals surface area contributed by atoms with E-state index in [-0.39, 0.29) is 11.7 Å². The van der Waals surface area contributed by atoms with Crippen LogP contribution in [-0.4, -0.2) is 16.7 Å². The molecule has 0 saturated carbocycles. The topological polar surface area (TPSA) is 64.9 Å². The molecule has 5 heteroatoms. The maximum absolute atomic E-state index is 13.5. The lowest BCUT2D eigenvalue weighted by molar-refractivity contribution is 0.348. The molecule has 1 heterocycles. The van der Waals surface area contributed by atoms with Gasteiger partial charge in [-0.3, -0.25) is 0 Å². The quantitative estimate of drug-likeness (QED) is 0.882. The molecule has 0 aliphatic carbocycles. The first kappa shape index (κ1) is 12.7. The molecule has 0 aliphatic rings. The van der Waals surface area contributed by atoms with Crippen LogP contribution in [0, 0.1) is 5.82 Å². The number of hydrogen-bond donors (Lipinski definition) is 1. The molecule has 1 aromatic carbocycles. The molecule has 0 fully saturated rings. The van der Waals surface area contributed by atoms with Crippen LogP contribution in [0.1, 0.15) is 36.5 Å². The molecule has 1 atom stereocenters. The molecular formula is C13H16FN3O. The van der Waals surface area contributed by atoms with Crippen molar-refractivity contribution < 1.29 is 8.91 Å². The second kappa shape index (κ2) is 5.73. The number of benzene rings is 1. The lowest BCUT2D eigenvalue weighted by atomic mass is 10.1. The van der Waals surface area contributed by atoms with Crippen LogP contribution in [0.2, 0.25) is 0 Å². The maximum Gasteiger partial charge on any atom is 0.231 e. The highest BCUT2D eigenvalue weighted by atomic mass is 19.1. The monoisotopic (exact) mass is 249 g/mol. The molecule has 2 rings (SSSR count). The van der Waals surface area contributed by atoms with Gasteiger partial charge in [-0.1, -0.05) is 30.3 Å². The number of nitrogens with zero attached hydrogens (tertiary/aromatic N) is 2. The van der Waals surface area contributed by atoms with Crippen molar-refractivity contribution in [1.82, 2.24) is 10.1 Å². The third-order valence-corrected chi connectivity index (χ3v) is 2.92. The average Bonchev–Trinajstić information content (AvgIpc) is 2.82. The number of hydrogen-bond acceptors (Lipinski definition) is 4. The van der Waals surface area contributed by atoms with Crippen molar-refractivity contribution in [3.05, 3.63) is 47.4 Å². The Morgan fingerprint density at radius 3 is 2.83 bits per heavy atom. The third kappa shape index (κ3) is 2.73. The molecule has 96 valence electrons. The summed E-state index contributed by atoms with van der Waals surface area (Å²) in [5.74, 6) is 0.843. The van der Waals surface area contributed by atoms with E-state index in [1.807, 2.05) is 6.92 Å². The summed E-state index contributed by atoms with van der Waals surface area (Å²) in [6, 6.07) is 6.58. The van der Waals surface area contributed by atoms with Crippen LogP contribution >= 0.6 is 0 Å². The highest BCUT2D eigenvalue weighted by Crippen LogP contribution is 2.17. The van der Waals surface area contributed by atoms with Crippen LogP contribution < -0.4 is 5.73 Å². The van der Waals surface area contributed by atoms with Crippen LogP contribution in [0.15, 0.2) is 28.8 Å². The smallest absolute Gasteiger partial charge is 0.231 e. The van der Waals surface area contributed by atoms with Crippen LogP contribution in [0.4, 0.5) is 4.39 Å². The number of rotatable bonds is 5. The van der Waals surface area contributed by atoms with Gasteiger partial charge in [0.05, 0.1) is 5.92 Å². The van der Waals surface area contributed by atoms with E-state index in [0.717, 1.165) is 6.42 Å². The zero-order valence-electron chi connectivity index (χ0n) is 10.3. The van der Waals surface area contributed by atoms with Crippen molar-refractivity contribution in [2.24, 2.45) is 5.73 Å². The fourth-order valence-electron chi connectivity index (χ4n) is 1.76. The van der Waals surface area contributed by atoms with Crippen LogP contribution in [0.5, 0.6) is 0 Å². The van der Waals surface area contributed by atoms with Crippen molar-refractivity contribution in [1.29, 1.82) is 0 Å². The summed E-state index contributed by atoms with van der Waals surface area (Å²) in [4.78, 5) is 4.26. The number of halogens is 1. The molecule has 0 radical (unpaired) electrons. The summed E-state index contributed by atoms with van der Waals surface area (Å²) in [6.45, 7) is 2.48. The van der Waals surface area contributed by atoms with E-state index >= 15 is 0 Å². The van der Waals surface area contributed by atoms with E-state index in [1.165, 1.54) is 6.07 Å². The summed E-state index contributed by atoms with van der Waals surface area (Å²) >= 11 is 0. The summed E-state index contributed by atoms with van der Waals surface area (Å²) in [5, 5.41) is 3.86. The van der Waals surface area contributed by atoms with Gasteiger partial charge >= 0.3 is 0 Å². The zero-order valence-corrected chi connectivity index (χ0v) is 10.3. The Bertz CT molecular complexity index is 508. The largest absolute Gasteiger partial charge is 0.339 e. The third-order valence-electron chi connectivity index (χ3n) is 2.92. The van der Waals surface area contributed by atoms with E-state index in [0.29, 0.717) is 30.2 Å². The van der Waals surface area contributed by atoms with Gasteiger partial charge in [0.1, 0.15) is 5.82 Å². The molecule has 2 aromatic rings. The Kier molecular flexibility index (Phi) is 4.04. The molecule has 0 bridgehead atoms. The second-order valence-electron chi connectivity index (χ2n) is 4.16. The highest BCUT2D eigenvalue weighted by molar-refractivity contribution is 5.20. The van der Waals surface area contributed by atoms with E-state index in [1.54, 1.807) is 18.2 Å². The lowest BCUT2D eigenvalue weighted by Gasteiger charge is -2.04. The van der Waals surface area contributed by atoms with Gasteiger partial charge in [0, 0.05) is 13.0 Å². The zero-order chi connectivity index (χ0) is 13.0. The van der Waals surface area contributed by atoms with Gasteiger partial charge in [0.15, 0.2) is 5.82 Å². The first-order chi connectivity index (χ1) is 8.74. The minimum absolute atomic E-state index is 0.0758. The van der Waals surface area contributed by atoms with Gasteiger partial charge < -0.3 is 10.3 Å². The standard InChI is InChI=1S/C13H16FN3O/c1-2-9(8-15)13-16-12(17-18-13)7-10-5-3-4-6-11(10)14/h3-6,9H,2,7-8,15H2,1H3. The Labute approximate surface area is 105 Å². The Morgan fingerprint density at radius 1 is 1.39 bits per heavy atom. The van der Waals surface area contributed by atoms with Gasteiger partial charge in [0.25, 0.3) is 0 Å². The molecule has 0 aliphatic heterocycles. The molecule has 4 nitrogen and oxygen atoms in total. The van der Waals surface area contributed by atoms with Gasteiger partial charge in [-0.15, -0.1) is 0 Å². The molecule has 2 N–H and O–H groups in total. The van der Waals surface area contributed by atoms with Crippen molar-refractivity contribution in [2.75, 3.05) is 6.54 Å². The highest BCUT2D eigenvalue weighted by Gasteiger charge is 2.16. The fraction of sp³-hybridized carbons (Fsp3) is 0.385. The summed E-state index contributed by atoms with van der Waals surface area (Å²) in [6.07, 6.45) is 1.18. The molecule has 1 aromatic heterocycles. The molecule has 0 amide bonds. The van der Waals surface area contributed by atoms with Gasteiger partial charge in [0.2, 0.25) is 5.89 Å². The summed E-state index contributed by atoms with van der Waals surface area (Å²) in [5.41, 5.74) is 6.17. The van der Waals surface area contributed by atoms with Crippen LogP contribution in [0.3, 0.4) is 0 Å².